The molecule has 1 fully saturated rings. The van der Waals surface area contributed by atoms with Crippen molar-refractivity contribution in [3.63, 3.8) is 0 Å². The third kappa shape index (κ3) is 2.82. The van der Waals surface area contributed by atoms with Gasteiger partial charge in [0.25, 0.3) is 0 Å². The third-order valence-corrected chi connectivity index (χ3v) is 6.55. The Kier molecular flexibility index (Phi) is 5.06. The maximum atomic E-state index is 5.60. The van der Waals surface area contributed by atoms with Gasteiger partial charge in [-0.1, -0.05) is 32.8 Å². The Morgan fingerprint density at radius 2 is 2.13 bits per heavy atom. The van der Waals surface area contributed by atoms with Crippen LogP contribution in [0.2, 0.25) is 0 Å². The van der Waals surface area contributed by atoms with Gasteiger partial charge >= 0.3 is 0 Å². The van der Waals surface area contributed by atoms with E-state index in [1.54, 1.807) is 5.56 Å². The van der Waals surface area contributed by atoms with Gasteiger partial charge in [0.15, 0.2) is 0 Å². The summed E-state index contributed by atoms with van der Waals surface area (Å²) in [7, 11) is 7.89. The van der Waals surface area contributed by atoms with Gasteiger partial charge in [-0.3, -0.25) is 0 Å². The first kappa shape index (κ1) is 16.9. The zero-order valence-electron chi connectivity index (χ0n) is 15.0. The minimum Gasteiger partial charge on any atom is -0.504 e. The van der Waals surface area contributed by atoms with Crippen molar-refractivity contribution in [2.75, 3.05) is 20.1 Å². The summed E-state index contributed by atoms with van der Waals surface area (Å²) in [5.41, 5.74) is 3.41. The van der Waals surface area contributed by atoms with Crippen LogP contribution in [-0.2, 0) is 11.8 Å². The quantitative estimate of drug-likeness (QED) is 0.765. The maximum Gasteiger partial charge on any atom is 0.122 e. The van der Waals surface area contributed by atoms with Gasteiger partial charge in [0, 0.05) is 12.5 Å². The van der Waals surface area contributed by atoms with Crippen molar-refractivity contribution in [3.05, 3.63) is 29.3 Å². The van der Waals surface area contributed by atoms with E-state index in [-0.39, 0.29) is 6.51 Å². The van der Waals surface area contributed by atoms with Crippen LogP contribution >= 0.6 is 0 Å². The average Bonchev–Trinajstić information content (AvgIpc) is 2.60. The van der Waals surface area contributed by atoms with Crippen LogP contribution in [0.1, 0.15) is 57.1 Å². The fourth-order valence-corrected chi connectivity index (χ4v) is 5.24. The molecule has 0 aliphatic heterocycles. The molecule has 1 saturated carbocycles. The Morgan fingerprint density at radius 1 is 1.30 bits per heavy atom. The minimum absolute atomic E-state index is 0.253. The van der Waals surface area contributed by atoms with Crippen LogP contribution in [0.3, 0.4) is 0 Å². The number of fused-ring (bicyclic) bond motifs is 3. The van der Waals surface area contributed by atoms with E-state index in [1.165, 1.54) is 44.1 Å². The maximum absolute atomic E-state index is 5.60. The number of hydrogen-bond donors (Lipinski definition) is 0. The van der Waals surface area contributed by atoms with Gasteiger partial charge in [0.05, 0.1) is 0 Å². The highest BCUT2D eigenvalue weighted by Crippen LogP contribution is 2.53. The molecule has 0 saturated heterocycles. The SMILES string of the molecule is [B]COc1ccc2c(c1)[C@]1(CC)CCCCC1[C@@H](N(C)CC)C2. The van der Waals surface area contributed by atoms with Crippen LogP contribution in [-0.4, -0.2) is 38.9 Å². The minimum atomic E-state index is 0.253. The topological polar surface area (TPSA) is 12.5 Å². The van der Waals surface area contributed by atoms with Gasteiger partial charge in [0.2, 0.25) is 0 Å². The van der Waals surface area contributed by atoms with Crippen molar-refractivity contribution in [2.45, 2.75) is 63.8 Å². The number of rotatable bonds is 5. The first-order valence-electron chi connectivity index (χ1n) is 9.32. The third-order valence-electron chi connectivity index (χ3n) is 6.55. The fraction of sp³-hybridized carbons (Fsp3) is 0.700. The largest absolute Gasteiger partial charge is 0.504 e. The Balaban J connectivity index is 2.08. The highest BCUT2D eigenvalue weighted by atomic mass is 16.5. The molecule has 2 aliphatic carbocycles. The van der Waals surface area contributed by atoms with E-state index < -0.39 is 0 Å². The lowest BCUT2D eigenvalue weighted by Crippen LogP contribution is -2.54. The van der Waals surface area contributed by atoms with Gasteiger partial charge in [-0.2, -0.15) is 0 Å². The number of ether oxygens (including phenoxy) is 1. The number of hydrogen-bond acceptors (Lipinski definition) is 2. The second kappa shape index (κ2) is 6.89. The van der Waals surface area contributed by atoms with Crippen molar-refractivity contribution < 1.29 is 4.74 Å². The lowest BCUT2D eigenvalue weighted by Gasteiger charge is -2.54. The Morgan fingerprint density at radius 3 is 2.83 bits per heavy atom. The molecule has 2 aliphatic rings. The van der Waals surface area contributed by atoms with Crippen molar-refractivity contribution in [2.24, 2.45) is 5.92 Å². The molecule has 0 N–H and O–H groups in total. The number of nitrogens with zero attached hydrogens (tertiary/aromatic N) is 1. The molecule has 0 heterocycles. The first-order valence-corrected chi connectivity index (χ1v) is 9.32. The van der Waals surface area contributed by atoms with Gasteiger partial charge in [-0.25, -0.2) is 0 Å². The summed E-state index contributed by atoms with van der Waals surface area (Å²) in [6.45, 7) is 6.05. The van der Waals surface area contributed by atoms with Crippen molar-refractivity contribution in [1.29, 1.82) is 0 Å². The molecule has 23 heavy (non-hydrogen) atoms. The summed E-state index contributed by atoms with van der Waals surface area (Å²) in [5, 5.41) is 0. The smallest absolute Gasteiger partial charge is 0.122 e. The molecule has 124 valence electrons. The molecule has 2 radical (unpaired) electrons. The standard InChI is InChI=1S/C20H30BNO/c1-4-20-11-7-6-8-17(20)19(22(3)5-2)12-15-9-10-16(23-14-21)13-18(15)20/h9-10,13,17,19H,4-8,11-12,14H2,1-3H3/t17?,19-,20+/m0/s1. The van der Waals surface area contributed by atoms with Crippen molar-refractivity contribution in [3.8, 4) is 5.75 Å². The van der Waals surface area contributed by atoms with E-state index in [2.05, 4.69) is 44.0 Å². The van der Waals surface area contributed by atoms with Crippen LogP contribution < -0.4 is 4.74 Å². The van der Waals surface area contributed by atoms with Crippen LogP contribution in [0.5, 0.6) is 5.75 Å². The van der Waals surface area contributed by atoms with Gasteiger partial charge in [-0.15, -0.1) is 0 Å². The van der Waals surface area contributed by atoms with Crippen LogP contribution in [0.15, 0.2) is 18.2 Å². The molecule has 0 amide bonds. The highest BCUT2D eigenvalue weighted by Gasteiger charge is 2.49. The molecule has 0 aromatic heterocycles. The van der Waals surface area contributed by atoms with E-state index in [0.29, 0.717) is 11.5 Å². The fourth-order valence-electron chi connectivity index (χ4n) is 5.24. The second-order valence-electron chi connectivity index (χ2n) is 7.34. The summed E-state index contributed by atoms with van der Waals surface area (Å²) < 4.78 is 5.60. The predicted octanol–water partition coefficient (Wildman–Crippen LogP) is 3.91. The van der Waals surface area contributed by atoms with E-state index in [1.807, 2.05) is 0 Å². The normalized spacial score (nSPS) is 29.9. The molecule has 0 bridgehead atoms. The van der Waals surface area contributed by atoms with Crippen LogP contribution in [0.4, 0.5) is 0 Å². The zero-order valence-corrected chi connectivity index (χ0v) is 15.0. The van der Waals surface area contributed by atoms with Gasteiger partial charge in [0.1, 0.15) is 13.6 Å². The van der Waals surface area contributed by atoms with Crippen LogP contribution in [0, 0.1) is 5.92 Å². The highest BCUT2D eigenvalue weighted by molar-refractivity contribution is 6.08. The Labute approximate surface area is 143 Å². The molecule has 1 unspecified atom stereocenters. The van der Waals surface area contributed by atoms with E-state index in [9.17, 15) is 0 Å². The van der Waals surface area contributed by atoms with Gasteiger partial charge < -0.3 is 9.64 Å². The van der Waals surface area contributed by atoms with Crippen molar-refractivity contribution in [1.82, 2.24) is 4.90 Å². The van der Waals surface area contributed by atoms with E-state index >= 15 is 0 Å². The predicted molar refractivity (Wildman–Crippen MR) is 97.4 cm³/mol. The molecule has 1 aromatic rings. The summed E-state index contributed by atoms with van der Waals surface area (Å²) in [5.74, 6) is 1.71. The lowest BCUT2D eigenvalue weighted by molar-refractivity contribution is 0.0583. The van der Waals surface area contributed by atoms with Crippen LogP contribution in [0.25, 0.3) is 0 Å². The Bertz CT molecular complexity index is 546. The zero-order chi connectivity index (χ0) is 16.4. The molecule has 2 nitrogen and oxygen atoms in total. The molecule has 1 aromatic carbocycles. The molecule has 0 spiro atoms. The summed E-state index contributed by atoms with van der Waals surface area (Å²) in [6.07, 6.45) is 7.83. The van der Waals surface area contributed by atoms with E-state index in [4.69, 9.17) is 12.6 Å². The summed E-state index contributed by atoms with van der Waals surface area (Å²) in [6, 6.07) is 7.36. The summed E-state index contributed by atoms with van der Waals surface area (Å²) in [4.78, 5) is 2.58. The second-order valence-corrected chi connectivity index (χ2v) is 7.34. The molecular weight excluding hydrogens is 281 g/mol. The molecule has 3 atom stereocenters. The molecule has 3 heteroatoms. The molecule has 3 rings (SSSR count). The van der Waals surface area contributed by atoms with E-state index in [0.717, 1.165) is 18.2 Å². The van der Waals surface area contributed by atoms with Gasteiger partial charge in [-0.05, 0) is 73.9 Å². The average molecular weight is 311 g/mol. The summed E-state index contributed by atoms with van der Waals surface area (Å²) >= 11 is 0. The first-order chi connectivity index (χ1) is 11.2. The number of benzene rings is 1. The molecular formula is C20H30BNO. The van der Waals surface area contributed by atoms with Crippen molar-refractivity contribution >= 4 is 7.85 Å². The monoisotopic (exact) mass is 311 g/mol. The number of likely N-dealkylation sites (N-methyl/N-ethyl adjacent to an activating group) is 1. The Hall–Kier alpha value is -0.955. The lowest BCUT2D eigenvalue weighted by atomic mass is 9.54.